The van der Waals surface area contributed by atoms with Gasteiger partial charge in [0.1, 0.15) is 17.5 Å². The number of aliphatic hydroxyl groups is 2. The van der Waals surface area contributed by atoms with Crippen molar-refractivity contribution in [3.8, 4) is 34.2 Å². The van der Waals surface area contributed by atoms with Crippen LogP contribution in [0.4, 0.5) is 8.78 Å². The molecule has 6 aromatic rings. The fourth-order valence-electron chi connectivity index (χ4n) is 5.88. The number of hydrogen-bond donors (Lipinski definition) is 2. The molecule has 302 valence electrons. The summed E-state index contributed by atoms with van der Waals surface area (Å²) in [6.45, 7) is 15.7. The van der Waals surface area contributed by atoms with Crippen molar-refractivity contribution in [3.63, 3.8) is 0 Å². The minimum absolute atomic E-state index is 0. The molecule has 6 rings (SSSR count). The molecule has 12 heteroatoms. The molecule has 8 nitrogen and oxygen atoms in total. The van der Waals surface area contributed by atoms with Crippen molar-refractivity contribution in [2.45, 2.75) is 102 Å². The maximum Gasteiger partial charge on any atom is 0.168 e. The number of nitrogens with zero attached hydrogens (tertiary/aromatic N) is 6. The molecule has 0 aliphatic rings. The third-order valence-electron chi connectivity index (χ3n) is 8.22. The van der Waals surface area contributed by atoms with Crippen LogP contribution >= 0.6 is 0 Å². The summed E-state index contributed by atoms with van der Waals surface area (Å²) in [6, 6.07) is 26.1. The summed E-state index contributed by atoms with van der Waals surface area (Å²) in [7, 11) is 0. The molecule has 2 heterocycles. The first-order valence-corrected chi connectivity index (χ1v) is 17.2. The van der Waals surface area contributed by atoms with Gasteiger partial charge in [-0.2, -0.15) is 5.10 Å². The van der Waals surface area contributed by atoms with E-state index < -0.39 is 0 Å². The van der Waals surface area contributed by atoms with E-state index in [1.54, 1.807) is 32.0 Å². The molecule has 2 N–H and O–H groups in total. The molecule has 2 aromatic heterocycles. The Hall–Kier alpha value is -3.76. The van der Waals surface area contributed by atoms with E-state index in [4.69, 9.17) is 10.2 Å². The monoisotopic (exact) mass is 1110 g/mol. The summed E-state index contributed by atoms with van der Waals surface area (Å²) in [5.74, 6) is 2.65. The van der Waals surface area contributed by atoms with Gasteiger partial charge in [-0.25, -0.2) is 4.39 Å². The minimum atomic E-state index is -0.375. The largest absolute Gasteiger partial charge is 0.393 e. The van der Waals surface area contributed by atoms with Gasteiger partial charge in [-0.1, -0.05) is 65.1 Å². The van der Waals surface area contributed by atoms with Gasteiger partial charge in [0.05, 0.1) is 23.7 Å². The van der Waals surface area contributed by atoms with Crippen LogP contribution in [0.3, 0.4) is 0 Å². The maximum atomic E-state index is 13.2. The van der Waals surface area contributed by atoms with Crippen molar-refractivity contribution in [1.29, 1.82) is 0 Å². The van der Waals surface area contributed by atoms with Crippen molar-refractivity contribution in [2.75, 3.05) is 0 Å². The molecule has 2 atom stereocenters. The van der Waals surface area contributed by atoms with Crippen LogP contribution in [0.1, 0.15) is 82.9 Å². The molecule has 0 aliphatic heterocycles. The predicted molar refractivity (Wildman–Crippen MR) is 211 cm³/mol. The zero-order valence-electron chi connectivity index (χ0n) is 31.3. The quantitative estimate of drug-likeness (QED) is 0.147. The topological polar surface area (TPSA) is 102 Å². The summed E-state index contributed by atoms with van der Waals surface area (Å²) < 4.78 is 30.5. The second-order valence-electron chi connectivity index (χ2n) is 12.6. The van der Waals surface area contributed by atoms with E-state index in [2.05, 4.69) is 94.5 Å². The van der Waals surface area contributed by atoms with Crippen molar-refractivity contribution >= 4 is 0 Å². The van der Waals surface area contributed by atoms with Crippen LogP contribution in [-0.4, -0.2) is 51.9 Å². The summed E-state index contributed by atoms with van der Waals surface area (Å²) in [5, 5.41) is 34.4. The number of benzene rings is 4. The molecule has 2 radical (unpaired) electrons. The Kier molecular flexibility index (Phi) is 22.4. The zero-order valence-corrected chi connectivity index (χ0v) is 36.1. The van der Waals surface area contributed by atoms with Crippen molar-refractivity contribution in [3.05, 3.63) is 130 Å². The summed E-state index contributed by atoms with van der Waals surface area (Å²) >= 11 is 0. The Balaban J connectivity index is 0.000000853. The number of rotatable bonds is 8. The van der Waals surface area contributed by atoms with Gasteiger partial charge in [-0.3, -0.25) is 8.96 Å². The van der Waals surface area contributed by atoms with E-state index in [1.807, 2.05) is 19.1 Å². The van der Waals surface area contributed by atoms with Crippen LogP contribution in [0, 0.1) is 45.4 Å². The molecule has 55 heavy (non-hydrogen) atoms. The van der Waals surface area contributed by atoms with Crippen LogP contribution in [0.5, 0.6) is 0 Å². The Morgan fingerprint density at radius 1 is 0.600 bits per heavy atom. The number of aromatic nitrogens is 6. The first kappa shape index (κ1) is 51.2. The Labute approximate surface area is 353 Å². The first-order valence-electron chi connectivity index (χ1n) is 17.2. The zero-order chi connectivity index (χ0) is 37.2. The third-order valence-corrected chi connectivity index (χ3v) is 8.22. The molecule has 0 fully saturated rings. The SMILES string of the molecule is C.C.CC(O)CC(C)O.CCc1nnc(-c2[c-]cc(F)cc2)n1-c1c(C)cccc1C.CCc1nnc(-c2ccc(F)cc2)n1-c1c(C)cccc1C.[Ir].[Ir]. The third kappa shape index (κ3) is 13.2. The number of para-hydroxylation sites is 2. The van der Waals surface area contributed by atoms with E-state index in [9.17, 15) is 8.78 Å². The number of halogens is 2. The molecular formula is C43H55F2Ir2N6O2-. The molecule has 2 unspecified atom stereocenters. The molecule has 4 aromatic carbocycles. The second-order valence-corrected chi connectivity index (χ2v) is 12.6. The van der Waals surface area contributed by atoms with Gasteiger partial charge in [-0.05, 0) is 94.5 Å². The average Bonchev–Trinajstić information content (AvgIpc) is 3.70. The normalized spacial score (nSPS) is 11.1. The number of aliphatic hydroxyl groups excluding tert-OH is 2. The van der Waals surface area contributed by atoms with Crippen molar-refractivity contribution < 1.29 is 59.2 Å². The number of hydrogen-bond acceptors (Lipinski definition) is 6. The van der Waals surface area contributed by atoms with E-state index in [-0.39, 0.29) is 78.9 Å². The minimum Gasteiger partial charge on any atom is -0.393 e. The molecule has 0 spiro atoms. The van der Waals surface area contributed by atoms with Gasteiger partial charge < -0.3 is 14.8 Å². The van der Waals surface area contributed by atoms with Gasteiger partial charge in [0.2, 0.25) is 0 Å². The molecule has 0 aliphatic carbocycles. The van der Waals surface area contributed by atoms with Gasteiger partial charge in [0.25, 0.3) is 0 Å². The van der Waals surface area contributed by atoms with Crippen molar-refractivity contribution in [2.24, 2.45) is 0 Å². The molecule has 0 saturated heterocycles. The standard InChI is InChI=1S/C18H18FN3.C18H17FN3.C5H12O2.2CH4.2Ir/c2*1-4-16-20-21-18(14-8-10-15(19)11-9-14)22(16)17-12(2)6-5-7-13(17)3;1-4(6)3-5(2)7;;;;/h5-11H,4H2,1-3H3;5-8,10-11H,4H2,1-3H3;4-7H,3H2,1-2H3;2*1H4;;/q;-1;;;;;. The van der Waals surface area contributed by atoms with Gasteiger partial charge in [-0.15, -0.1) is 45.1 Å². The number of aryl methyl sites for hydroxylation is 6. The van der Waals surface area contributed by atoms with E-state index >= 15 is 0 Å². The van der Waals surface area contributed by atoms with Crippen molar-refractivity contribution in [1.82, 2.24) is 29.5 Å². The van der Waals surface area contributed by atoms with Crippen LogP contribution in [0.15, 0.2) is 78.9 Å². The Morgan fingerprint density at radius 2 is 1.00 bits per heavy atom. The van der Waals surface area contributed by atoms with E-state index in [0.717, 1.165) is 75.1 Å². The summed E-state index contributed by atoms with van der Waals surface area (Å²) in [5.41, 5.74) is 8.40. The summed E-state index contributed by atoms with van der Waals surface area (Å²) in [6.07, 6.45) is 1.27. The molecule has 0 saturated carbocycles. The second kappa shape index (κ2) is 24.0. The fraction of sp³-hybridized carbons (Fsp3) is 0.349. The summed E-state index contributed by atoms with van der Waals surface area (Å²) in [4.78, 5) is 0. The Morgan fingerprint density at radius 3 is 1.36 bits per heavy atom. The first-order chi connectivity index (χ1) is 24.4. The molecule has 0 bridgehead atoms. The smallest absolute Gasteiger partial charge is 0.168 e. The maximum absolute atomic E-state index is 13.2. The van der Waals surface area contributed by atoms with Gasteiger partial charge in [0.15, 0.2) is 5.82 Å². The average molecular weight is 1110 g/mol. The molecule has 0 amide bonds. The predicted octanol–water partition coefficient (Wildman–Crippen LogP) is 9.71. The van der Waals surface area contributed by atoms with Crippen LogP contribution in [0.2, 0.25) is 0 Å². The van der Waals surface area contributed by atoms with Gasteiger partial charge >= 0.3 is 0 Å². The Bertz CT molecular complexity index is 1840. The van der Waals surface area contributed by atoms with E-state index in [0.29, 0.717) is 12.2 Å². The van der Waals surface area contributed by atoms with Crippen LogP contribution in [-0.2, 0) is 53.1 Å². The van der Waals surface area contributed by atoms with Crippen LogP contribution < -0.4 is 0 Å². The van der Waals surface area contributed by atoms with Crippen LogP contribution in [0.25, 0.3) is 34.2 Å². The van der Waals surface area contributed by atoms with E-state index in [1.165, 1.54) is 24.3 Å². The van der Waals surface area contributed by atoms with Gasteiger partial charge in [0, 0.05) is 70.1 Å². The fourth-order valence-corrected chi connectivity index (χ4v) is 5.88. The molecular weight excluding hydrogens is 1050 g/mol.